The summed E-state index contributed by atoms with van der Waals surface area (Å²) in [5.74, 6) is -0.695. The topological polar surface area (TPSA) is 88.4 Å². The average Bonchev–Trinajstić information content (AvgIpc) is 2.71. The molecule has 0 saturated carbocycles. The van der Waals surface area contributed by atoms with Crippen LogP contribution in [-0.2, 0) is 20.9 Å². The zero-order chi connectivity index (χ0) is 20.5. The van der Waals surface area contributed by atoms with E-state index in [4.69, 9.17) is 9.47 Å². The molecule has 0 aliphatic rings. The van der Waals surface area contributed by atoms with Gasteiger partial charge in [0, 0.05) is 6.54 Å². The first-order valence-corrected chi connectivity index (χ1v) is 8.73. The van der Waals surface area contributed by atoms with Gasteiger partial charge in [-0.15, -0.1) is 0 Å². The Kier molecular flexibility index (Phi) is 7.35. The van der Waals surface area contributed by atoms with E-state index in [1.807, 2.05) is 37.3 Å². The van der Waals surface area contributed by atoms with Crippen molar-refractivity contribution in [1.29, 1.82) is 5.26 Å². The summed E-state index contributed by atoms with van der Waals surface area (Å²) < 4.78 is 10.2. The summed E-state index contributed by atoms with van der Waals surface area (Å²) in [5, 5.41) is 12.0. The van der Waals surface area contributed by atoms with Gasteiger partial charge in [-0.1, -0.05) is 42.0 Å². The van der Waals surface area contributed by atoms with Gasteiger partial charge in [0.15, 0.2) is 6.10 Å². The largest absolute Gasteiger partial charge is 0.497 e. The molecule has 0 aliphatic heterocycles. The number of ether oxygens (including phenoxy) is 2. The van der Waals surface area contributed by atoms with Crippen molar-refractivity contribution in [2.45, 2.75) is 26.5 Å². The van der Waals surface area contributed by atoms with Gasteiger partial charge in [-0.3, -0.25) is 4.79 Å². The molecule has 0 saturated heterocycles. The van der Waals surface area contributed by atoms with Crippen LogP contribution in [0.2, 0.25) is 0 Å². The van der Waals surface area contributed by atoms with Crippen LogP contribution in [0.4, 0.5) is 0 Å². The van der Waals surface area contributed by atoms with E-state index < -0.39 is 18.0 Å². The van der Waals surface area contributed by atoms with Crippen LogP contribution >= 0.6 is 0 Å². The number of hydrogen-bond donors (Lipinski definition) is 1. The molecule has 0 spiro atoms. The zero-order valence-corrected chi connectivity index (χ0v) is 16.1. The predicted octanol–water partition coefficient (Wildman–Crippen LogP) is 3.16. The third-order valence-electron chi connectivity index (χ3n) is 3.99. The number of methoxy groups -OCH3 is 1. The van der Waals surface area contributed by atoms with Gasteiger partial charge in [-0.25, -0.2) is 4.79 Å². The number of aryl methyl sites for hydroxylation is 1. The summed E-state index contributed by atoms with van der Waals surface area (Å²) in [6, 6.07) is 16.4. The second kappa shape index (κ2) is 9.93. The third-order valence-corrected chi connectivity index (χ3v) is 3.99. The minimum atomic E-state index is -1.03. The van der Waals surface area contributed by atoms with Crippen molar-refractivity contribution in [2.75, 3.05) is 7.11 Å². The Bertz CT molecular complexity index is 911. The number of carbonyl (C=O) groups excluding carboxylic acids is 2. The van der Waals surface area contributed by atoms with Crippen molar-refractivity contribution in [3.8, 4) is 11.8 Å². The Labute approximate surface area is 164 Å². The molecule has 6 nitrogen and oxygen atoms in total. The highest BCUT2D eigenvalue weighted by Crippen LogP contribution is 2.16. The Morgan fingerprint density at radius 2 is 1.93 bits per heavy atom. The molecule has 0 bridgehead atoms. The van der Waals surface area contributed by atoms with Crippen molar-refractivity contribution in [3.63, 3.8) is 0 Å². The van der Waals surface area contributed by atoms with Gasteiger partial charge in [0.05, 0.1) is 7.11 Å². The van der Waals surface area contributed by atoms with E-state index >= 15 is 0 Å². The number of rotatable bonds is 7. The van der Waals surface area contributed by atoms with Crippen LogP contribution in [0.25, 0.3) is 6.08 Å². The molecular weight excluding hydrogens is 356 g/mol. The monoisotopic (exact) mass is 378 g/mol. The van der Waals surface area contributed by atoms with Crippen LogP contribution in [0.15, 0.2) is 54.1 Å². The average molecular weight is 378 g/mol. The summed E-state index contributed by atoms with van der Waals surface area (Å²) >= 11 is 0. The molecule has 2 aromatic rings. The first-order valence-electron chi connectivity index (χ1n) is 8.73. The molecule has 0 heterocycles. The fourth-order valence-corrected chi connectivity index (χ4v) is 2.35. The Balaban J connectivity index is 1.96. The molecule has 0 fully saturated rings. The summed E-state index contributed by atoms with van der Waals surface area (Å²) in [4.78, 5) is 24.4. The number of benzene rings is 2. The van der Waals surface area contributed by atoms with Crippen LogP contribution in [0.3, 0.4) is 0 Å². The SMILES string of the molecule is COc1cccc(/C=C(\C#N)C(=O)O[C@H](C)C(=O)NCc2ccc(C)cc2)c1. The quantitative estimate of drug-likeness (QED) is 0.454. The summed E-state index contributed by atoms with van der Waals surface area (Å²) in [6.07, 6.45) is 0.363. The van der Waals surface area contributed by atoms with Crippen molar-refractivity contribution < 1.29 is 19.1 Å². The first-order chi connectivity index (χ1) is 13.4. The van der Waals surface area contributed by atoms with E-state index in [2.05, 4.69) is 5.32 Å². The molecule has 0 unspecified atom stereocenters. The van der Waals surface area contributed by atoms with Crippen molar-refractivity contribution in [1.82, 2.24) is 5.32 Å². The minimum absolute atomic E-state index is 0.202. The number of nitrogens with one attached hydrogen (secondary N) is 1. The number of amides is 1. The first kappa shape index (κ1) is 20.7. The molecule has 2 aromatic carbocycles. The number of carbonyl (C=O) groups is 2. The maximum absolute atomic E-state index is 12.2. The summed E-state index contributed by atoms with van der Waals surface area (Å²) in [7, 11) is 1.53. The van der Waals surface area contributed by atoms with Crippen molar-refractivity contribution >= 4 is 18.0 Å². The molecule has 28 heavy (non-hydrogen) atoms. The van der Waals surface area contributed by atoms with Gasteiger partial charge in [-0.05, 0) is 43.2 Å². The Hall–Kier alpha value is -3.59. The Morgan fingerprint density at radius 1 is 1.21 bits per heavy atom. The van der Waals surface area contributed by atoms with E-state index in [-0.39, 0.29) is 5.57 Å². The number of nitrogens with zero attached hydrogens (tertiary/aromatic N) is 1. The second-order valence-electron chi connectivity index (χ2n) is 6.20. The van der Waals surface area contributed by atoms with Crippen LogP contribution in [0.5, 0.6) is 5.75 Å². The second-order valence-corrected chi connectivity index (χ2v) is 6.20. The molecule has 1 N–H and O–H groups in total. The van der Waals surface area contributed by atoms with E-state index in [0.29, 0.717) is 17.9 Å². The van der Waals surface area contributed by atoms with Gasteiger partial charge in [0.2, 0.25) is 0 Å². The van der Waals surface area contributed by atoms with Crippen LogP contribution < -0.4 is 10.1 Å². The highest BCUT2D eigenvalue weighted by molar-refractivity contribution is 5.99. The maximum Gasteiger partial charge on any atom is 0.349 e. The van der Waals surface area contributed by atoms with Crippen molar-refractivity contribution in [3.05, 3.63) is 70.8 Å². The molecule has 0 radical (unpaired) electrons. The zero-order valence-electron chi connectivity index (χ0n) is 16.1. The van der Waals surface area contributed by atoms with Gasteiger partial charge < -0.3 is 14.8 Å². The summed E-state index contributed by atoms with van der Waals surface area (Å²) in [5.41, 5.74) is 2.48. The lowest BCUT2D eigenvalue weighted by molar-refractivity contribution is -0.150. The minimum Gasteiger partial charge on any atom is -0.497 e. The number of hydrogen-bond acceptors (Lipinski definition) is 5. The normalized spacial score (nSPS) is 11.9. The molecule has 2 rings (SSSR count). The van der Waals surface area contributed by atoms with Crippen LogP contribution in [0.1, 0.15) is 23.6 Å². The number of nitriles is 1. The molecule has 6 heteroatoms. The van der Waals surface area contributed by atoms with E-state index in [0.717, 1.165) is 11.1 Å². The van der Waals surface area contributed by atoms with E-state index in [1.54, 1.807) is 24.3 Å². The molecule has 0 aliphatic carbocycles. The fourth-order valence-electron chi connectivity index (χ4n) is 2.35. The smallest absolute Gasteiger partial charge is 0.349 e. The molecule has 1 atom stereocenters. The Morgan fingerprint density at radius 3 is 2.57 bits per heavy atom. The van der Waals surface area contributed by atoms with E-state index in [1.165, 1.54) is 20.1 Å². The van der Waals surface area contributed by atoms with Gasteiger partial charge in [0.25, 0.3) is 5.91 Å². The molecular formula is C22H22N2O4. The van der Waals surface area contributed by atoms with Gasteiger partial charge in [-0.2, -0.15) is 5.26 Å². The number of esters is 1. The highest BCUT2D eigenvalue weighted by atomic mass is 16.5. The van der Waals surface area contributed by atoms with Crippen LogP contribution in [-0.4, -0.2) is 25.1 Å². The predicted molar refractivity (Wildman–Crippen MR) is 105 cm³/mol. The third kappa shape index (κ3) is 5.99. The highest BCUT2D eigenvalue weighted by Gasteiger charge is 2.20. The lowest BCUT2D eigenvalue weighted by Gasteiger charge is -2.13. The molecule has 1 amide bonds. The van der Waals surface area contributed by atoms with Gasteiger partial charge >= 0.3 is 5.97 Å². The lowest BCUT2D eigenvalue weighted by atomic mass is 10.1. The summed E-state index contributed by atoms with van der Waals surface area (Å²) in [6.45, 7) is 3.77. The lowest BCUT2D eigenvalue weighted by Crippen LogP contribution is -2.35. The standard InChI is InChI=1S/C22H22N2O4/c1-15-7-9-17(10-8-15)14-24-21(25)16(2)28-22(26)19(13-23)11-18-5-4-6-20(12-18)27-3/h4-12,16H,14H2,1-3H3,(H,24,25)/b19-11+/t16-/m1/s1. The fraction of sp³-hybridized carbons (Fsp3) is 0.227. The maximum atomic E-state index is 12.2. The van der Waals surface area contributed by atoms with Gasteiger partial charge in [0.1, 0.15) is 17.4 Å². The van der Waals surface area contributed by atoms with Crippen molar-refractivity contribution in [2.24, 2.45) is 0 Å². The molecule has 144 valence electrons. The molecule has 0 aromatic heterocycles. The van der Waals surface area contributed by atoms with E-state index in [9.17, 15) is 14.9 Å². The van der Waals surface area contributed by atoms with Crippen LogP contribution in [0, 0.1) is 18.3 Å².